The third kappa shape index (κ3) is 5.07. The summed E-state index contributed by atoms with van der Waals surface area (Å²) in [6.07, 6.45) is 0. The van der Waals surface area contributed by atoms with E-state index < -0.39 is 10.0 Å². The molecule has 3 rings (SSSR count). The number of hydrogen-bond acceptors (Lipinski definition) is 4. The summed E-state index contributed by atoms with van der Waals surface area (Å²) in [6, 6.07) is 17.4. The van der Waals surface area contributed by atoms with Gasteiger partial charge in [0, 0.05) is 16.3 Å². The lowest BCUT2D eigenvalue weighted by atomic mass is 10.1. The van der Waals surface area contributed by atoms with Crippen LogP contribution in [-0.4, -0.2) is 21.4 Å². The number of anilines is 2. The van der Waals surface area contributed by atoms with E-state index in [2.05, 4.69) is 10.0 Å². The molecule has 8 heteroatoms. The molecule has 1 amide bonds. The fraction of sp³-hybridized carbons (Fsp3) is 0.0952. The molecule has 0 radical (unpaired) electrons. The maximum absolute atomic E-state index is 12.5. The standard InChI is InChI=1S/C21H19ClN2O4S/c1-14-3-12-20(28-2)19(13-14)23-21(25)15-4-10-18(11-5-15)29(26,27)24-17-8-6-16(22)7-9-17/h3-13,24H,1-2H3,(H,23,25). The van der Waals surface area contributed by atoms with Crippen LogP contribution in [-0.2, 0) is 10.0 Å². The molecule has 0 aliphatic heterocycles. The quantitative estimate of drug-likeness (QED) is 0.593. The topological polar surface area (TPSA) is 84.5 Å². The van der Waals surface area contributed by atoms with Crippen LogP contribution in [0.1, 0.15) is 15.9 Å². The summed E-state index contributed by atoms with van der Waals surface area (Å²) in [6.45, 7) is 1.91. The molecule has 0 fully saturated rings. The first-order valence-electron chi connectivity index (χ1n) is 8.63. The number of nitrogens with one attached hydrogen (secondary N) is 2. The second-order valence-electron chi connectivity index (χ2n) is 6.29. The lowest BCUT2D eigenvalue weighted by Gasteiger charge is -2.12. The van der Waals surface area contributed by atoms with Crippen LogP contribution in [0.15, 0.2) is 71.6 Å². The fourth-order valence-electron chi connectivity index (χ4n) is 2.63. The van der Waals surface area contributed by atoms with Gasteiger partial charge in [-0.2, -0.15) is 0 Å². The number of aryl methyl sites for hydroxylation is 1. The molecule has 0 spiro atoms. The van der Waals surface area contributed by atoms with Gasteiger partial charge >= 0.3 is 0 Å². The van der Waals surface area contributed by atoms with Gasteiger partial charge < -0.3 is 10.1 Å². The number of methoxy groups -OCH3 is 1. The highest BCUT2D eigenvalue weighted by Gasteiger charge is 2.16. The van der Waals surface area contributed by atoms with Crippen LogP contribution in [0, 0.1) is 6.92 Å². The number of halogens is 1. The van der Waals surface area contributed by atoms with Crippen LogP contribution in [0.3, 0.4) is 0 Å². The molecule has 3 aromatic rings. The van der Waals surface area contributed by atoms with Gasteiger partial charge in [-0.05, 0) is 73.2 Å². The van der Waals surface area contributed by atoms with Crippen LogP contribution in [0.25, 0.3) is 0 Å². The molecule has 0 saturated carbocycles. The van der Waals surface area contributed by atoms with Crippen LogP contribution < -0.4 is 14.8 Å². The van der Waals surface area contributed by atoms with Gasteiger partial charge in [-0.25, -0.2) is 8.42 Å². The number of amides is 1. The number of ether oxygens (including phenoxy) is 1. The highest BCUT2D eigenvalue weighted by atomic mass is 35.5. The van der Waals surface area contributed by atoms with Crippen molar-refractivity contribution >= 4 is 38.9 Å². The number of carbonyl (C=O) groups is 1. The van der Waals surface area contributed by atoms with E-state index in [1.54, 1.807) is 36.4 Å². The molecule has 0 aliphatic rings. The Labute approximate surface area is 174 Å². The van der Waals surface area contributed by atoms with Crippen LogP contribution in [0.2, 0.25) is 5.02 Å². The van der Waals surface area contributed by atoms with E-state index in [0.717, 1.165) is 5.56 Å². The van der Waals surface area contributed by atoms with E-state index in [9.17, 15) is 13.2 Å². The lowest BCUT2D eigenvalue weighted by molar-refractivity contribution is 0.102. The minimum absolute atomic E-state index is 0.0390. The van der Waals surface area contributed by atoms with Crippen molar-refractivity contribution in [1.82, 2.24) is 0 Å². The van der Waals surface area contributed by atoms with Crippen LogP contribution in [0.5, 0.6) is 5.75 Å². The average molecular weight is 431 g/mol. The first kappa shape index (κ1) is 20.7. The predicted octanol–water partition coefficient (Wildman–Crippen LogP) is 4.71. The van der Waals surface area contributed by atoms with E-state index in [-0.39, 0.29) is 10.8 Å². The maximum atomic E-state index is 12.5. The van der Waals surface area contributed by atoms with E-state index in [4.69, 9.17) is 16.3 Å². The zero-order valence-corrected chi connectivity index (χ0v) is 17.3. The summed E-state index contributed by atoms with van der Waals surface area (Å²) in [4.78, 5) is 12.6. The van der Waals surface area contributed by atoms with Crippen molar-refractivity contribution < 1.29 is 17.9 Å². The molecule has 6 nitrogen and oxygen atoms in total. The Kier molecular flexibility index (Phi) is 6.10. The Morgan fingerprint density at radius 1 is 0.966 bits per heavy atom. The van der Waals surface area contributed by atoms with E-state index in [1.807, 2.05) is 13.0 Å². The third-order valence-corrected chi connectivity index (χ3v) is 5.78. The second kappa shape index (κ2) is 8.55. The fourth-order valence-corrected chi connectivity index (χ4v) is 3.82. The number of hydrogen-bond donors (Lipinski definition) is 2. The first-order valence-corrected chi connectivity index (χ1v) is 10.5. The largest absolute Gasteiger partial charge is 0.495 e. The van der Waals surface area contributed by atoms with Crippen LogP contribution in [0.4, 0.5) is 11.4 Å². The first-order chi connectivity index (χ1) is 13.8. The molecule has 150 valence electrons. The van der Waals surface area contributed by atoms with Gasteiger partial charge in [0.15, 0.2) is 0 Å². The minimum Gasteiger partial charge on any atom is -0.495 e. The highest BCUT2D eigenvalue weighted by Crippen LogP contribution is 2.26. The van der Waals surface area contributed by atoms with Gasteiger partial charge in [0.05, 0.1) is 17.7 Å². The summed E-state index contributed by atoms with van der Waals surface area (Å²) in [5.74, 6) is 0.166. The molecule has 0 aliphatic carbocycles. The molecule has 2 N–H and O–H groups in total. The summed E-state index contributed by atoms with van der Waals surface area (Å²) in [5, 5.41) is 3.29. The zero-order chi connectivity index (χ0) is 21.0. The molecule has 0 unspecified atom stereocenters. The van der Waals surface area contributed by atoms with Gasteiger partial charge in [-0.3, -0.25) is 9.52 Å². The highest BCUT2D eigenvalue weighted by molar-refractivity contribution is 7.92. The van der Waals surface area contributed by atoms with Gasteiger partial charge in [0.2, 0.25) is 0 Å². The van der Waals surface area contributed by atoms with Crippen LogP contribution >= 0.6 is 11.6 Å². The van der Waals surface area contributed by atoms with E-state index >= 15 is 0 Å². The van der Waals surface area contributed by atoms with Crippen molar-refractivity contribution in [3.8, 4) is 5.75 Å². The summed E-state index contributed by atoms with van der Waals surface area (Å²) >= 11 is 5.81. The Hall–Kier alpha value is -3.03. The van der Waals surface area contributed by atoms with Crippen molar-refractivity contribution in [2.24, 2.45) is 0 Å². The van der Waals surface area contributed by atoms with E-state index in [1.165, 1.54) is 31.4 Å². The summed E-state index contributed by atoms with van der Waals surface area (Å²) in [7, 11) is -2.27. The Balaban J connectivity index is 1.76. The Morgan fingerprint density at radius 2 is 1.62 bits per heavy atom. The minimum atomic E-state index is -3.79. The number of carbonyl (C=O) groups excluding carboxylic acids is 1. The normalized spacial score (nSPS) is 11.0. The van der Waals surface area contributed by atoms with Crippen molar-refractivity contribution in [3.05, 3.63) is 82.9 Å². The van der Waals surface area contributed by atoms with Crippen molar-refractivity contribution in [2.45, 2.75) is 11.8 Å². The van der Waals surface area contributed by atoms with Gasteiger partial charge in [0.1, 0.15) is 5.75 Å². The third-order valence-electron chi connectivity index (χ3n) is 4.13. The monoisotopic (exact) mass is 430 g/mol. The maximum Gasteiger partial charge on any atom is 0.261 e. The molecule has 3 aromatic carbocycles. The molecule has 0 heterocycles. The van der Waals surface area contributed by atoms with Gasteiger partial charge in [0.25, 0.3) is 15.9 Å². The number of rotatable bonds is 6. The molecule has 0 saturated heterocycles. The molecule has 0 bridgehead atoms. The Bertz CT molecular complexity index is 1130. The number of benzene rings is 3. The average Bonchev–Trinajstić information content (AvgIpc) is 2.70. The van der Waals surface area contributed by atoms with Crippen molar-refractivity contribution in [1.29, 1.82) is 0 Å². The second-order valence-corrected chi connectivity index (χ2v) is 8.41. The molecule has 0 aromatic heterocycles. The summed E-state index contributed by atoms with van der Waals surface area (Å²) < 4.78 is 32.8. The Morgan fingerprint density at radius 3 is 2.24 bits per heavy atom. The predicted molar refractivity (Wildman–Crippen MR) is 114 cm³/mol. The molecular formula is C21H19ClN2O4S. The SMILES string of the molecule is COc1ccc(C)cc1NC(=O)c1ccc(S(=O)(=O)Nc2ccc(Cl)cc2)cc1. The van der Waals surface area contributed by atoms with Gasteiger partial charge in [-0.15, -0.1) is 0 Å². The summed E-state index contributed by atoms with van der Waals surface area (Å²) in [5.41, 5.74) is 2.22. The number of sulfonamides is 1. The van der Waals surface area contributed by atoms with Gasteiger partial charge in [-0.1, -0.05) is 17.7 Å². The molecule has 0 atom stereocenters. The lowest BCUT2D eigenvalue weighted by Crippen LogP contribution is -2.15. The van der Waals surface area contributed by atoms with Crippen molar-refractivity contribution in [3.63, 3.8) is 0 Å². The zero-order valence-electron chi connectivity index (χ0n) is 15.8. The smallest absolute Gasteiger partial charge is 0.261 e. The van der Waals surface area contributed by atoms with E-state index in [0.29, 0.717) is 27.7 Å². The molecular weight excluding hydrogens is 412 g/mol. The molecule has 29 heavy (non-hydrogen) atoms. The van der Waals surface area contributed by atoms with Crippen molar-refractivity contribution in [2.75, 3.05) is 17.1 Å².